The van der Waals surface area contributed by atoms with Crippen LogP contribution in [0, 0.1) is 0 Å². The standard InChI is InChI=1S/C14H19N5O4/c1-3-9(15)13(16-4-2)17-5-6-18-14(22)10-7-11(20)12(21)8-19(10)23/h3-4,7-8,21,23H,2,5-6,15H2,1H3,(H,16,17)(H,18,22)/b9-3+. The highest BCUT2D eigenvalue weighted by Gasteiger charge is 2.12. The van der Waals surface area contributed by atoms with E-state index in [1.807, 2.05) is 0 Å². The van der Waals surface area contributed by atoms with E-state index in [-0.39, 0.29) is 18.8 Å². The van der Waals surface area contributed by atoms with Crippen LogP contribution in [0.5, 0.6) is 5.75 Å². The molecule has 9 heteroatoms. The Hall–Kier alpha value is -3.23. The van der Waals surface area contributed by atoms with E-state index in [4.69, 9.17) is 10.8 Å². The van der Waals surface area contributed by atoms with Gasteiger partial charge in [-0.15, -0.1) is 0 Å². The number of amides is 1. The van der Waals surface area contributed by atoms with E-state index in [2.05, 4.69) is 22.2 Å². The van der Waals surface area contributed by atoms with Gasteiger partial charge in [0.2, 0.25) is 5.43 Å². The highest BCUT2D eigenvalue weighted by molar-refractivity contribution is 5.98. The highest BCUT2D eigenvalue weighted by atomic mass is 16.5. The van der Waals surface area contributed by atoms with Crippen molar-refractivity contribution in [1.29, 1.82) is 0 Å². The molecule has 0 aromatic carbocycles. The fourth-order valence-electron chi connectivity index (χ4n) is 1.56. The fourth-order valence-corrected chi connectivity index (χ4v) is 1.56. The second-order valence-corrected chi connectivity index (χ2v) is 4.33. The summed E-state index contributed by atoms with van der Waals surface area (Å²) in [7, 11) is 0. The number of aromatic nitrogens is 1. The van der Waals surface area contributed by atoms with Crippen molar-refractivity contribution in [2.24, 2.45) is 10.7 Å². The molecule has 0 spiro atoms. The Kier molecular flexibility index (Phi) is 6.41. The van der Waals surface area contributed by atoms with Crippen LogP contribution in [0.25, 0.3) is 0 Å². The van der Waals surface area contributed by atoms with Crippen LogP contribution in [0.1, 0.15) is 17.4 Å². The zero-order chi connectivity index (χ0) is 17.4. The predicted octanol–water partition coefficient (Wildman–Crippen LogP) is -0.485. The number of allylic oxidation sites excluding steroid dienone is 1. The molecule has 0 unspecified atom stereocenters. The Morgan fingerprint density at radius 3 is 2.87 bits per heavy atom. The summed E-state index contributed by atoms with van der Waals surface area (Å²) in [5, 5.41) is 23.9. The number of hydrogen-bond acceptors (Lipinski definition) is 6. The molecule has 0 aliphatic carbocycles. The van der Waals surface area contributed by atoms with Crippen molar-refractivity contribution in [3.8, 4) is 5.75 Å². The molecule has 0 aliphatic heterocycles. The summed E-state index contributed by atoms with van der Waals surface area (Å²) in [6.07, 6.45) is 3.83. The van der Waals surface area contributed by atoms with Gasteiger partial charge in [-0.3, -0.25) is 14.6 Å². The monoisotopic (exact) mass is 321 g/mol. The van der Waals surface area contributed by atoms with Crippen LogP contribution < -0.4 is 21.8 Å². The van der Waals surface area contributed by atoms with Crippen LogP contribution in [-0.2, 0) is 0 Å². The molecule has 0 saturated heterocycles. The lowest BCUT2D eigenvalue weighted by Crippen LogP contribution is -2.31. The molecule has 124 valence electrons. The van der Waals surface area contributed by atoms with Crippen LogP contribution in [0.3, 0.4) is 0 Å². The Morgan fingerprint density at radius 1 is 1.57 bits per heavy atom. The van der Waals surface area contributed by atoms with E-state index < -0.39 is 17.1 Å². The fraction of sp³-hybridized carbons (Fsp3) is 0.214. The van der Waals surface area contributed by atoms with Crippen LogP contribution in [0.15, 0.2) is 46.6 Å². The van der Waals surface area contributed by atoms with Gasteiger partial charge in [0.15, 0.2) is 5.75 Å². The molecule has 23 heavy (non-hydrogen) atoms. The van der Waals surface area contributed by atoms with E-state index in [0.29, 0.717) is 16.3 Å². The molecule has 0 bridgehead atoms. The van der Waals surface area contributed by atoms with Crippen molar-refractivity contribution in [1.82, 2.24) is 15.4 Å². The predicted molar refractivity (Wildman–Crippen MR) is 85.5 cm³/mol. The average molecular weight is 321 g/mol. The molecule has 1 aromatic rings. The molecule has 1 aromatic heterocycles. The first-order valence-corrected chi connectivity index (χ1v) is 6.67. The van der Waals surface area contributed by atoms with Crippen LogP contribution in [-0.4, -0.2) is 39.9 Å². The molecular formula is C14H19N5O4. The lowest BCUT2D eigenvalue weighted by atomic mass is 10.3. The molecule has 0 radical (unpaired) electrons. The molecule has 0 fully saturated rings. The number of nitrogens with zero attached hydrogens (tertiary/aromatic N) is 2. The summed E-state index contributed by atoms with van der Waals surface area (Å²) >= 11 is 0. The van der Waals surface area contributed by atoms with Gasteiger partial charge in [0, 0.05) is 12.6 Å². The third kappa shape index (κ3) is 4.92. The molecule has 1 rings (SSSR count). The highest BCUT2D eigenvalue weighted by Crippen LogP contribution is 2.02. The number of carbonyl (C=O) groups excluding carboxylic acids is 1. The molecule has 0 atom stereocenters. The number of nitrogens with one attached hydrogen (secondary N) is 2. The maximum absolute atomic E-state index is 11.9. The van der Waals surface area contributed by atoms with E-state index in [1.165, 1.54) is 6.20 Å². The maximum Gasteiger partial charge on any atom is 0.271 e. The van der Waals surface area contributed by atoms with Gasteiger partial charge < -0.3 is 26.7 Å². The average Bonchev–Trinajstić information content (AvgIpc) is 2.52. The number of amidine groups is 1. The number of aromatic hydroxyl groups is 1. The van der Waals surface area contributed by atoms with Gasteiger partial charge in [0.1, 0.15) is 11.5 Å². The number of carbonyl (C=O) groups is 1. The summed E-state index contributed by atoms with van der Waals surface area (Å²) in [6, 6.07) is 0.830. The van der Waals surface area contributed by atoms with Gasteiger partial charge in [0.25, 0.3) is 5.91 Å². The van der Waals surface area contributed by atoms with Gasteiger partial charge in [-0.1, -0.05) is 12.7 Å². The number of aliphatic imine (C=N–C) groups is 1. The van der Waals surface area contributed by atoms with E-state index in [9.17, 15) is 14.8 Å². The minimum absolute atomic E-state index is 0.146. The summed E-state index contributed by atoms with van der Waals surface area (Å²) in [5.41, 5.74) is 5.09. The minimum atomic E-state index is -0.767. The summed E-state index contributed by atoms with van der Waals surface area (Å²) < 4.78 is 0.373. The Morgan fingerprint density at radius 2 is 2.26 bits per heavy atom. The molecular weight excluding hydrogens is 302 g/mol. The van der Waals surface area contributed by atoms with Crippen LogP contribution >= 0.6 is 0 Å². The molecule has 6 N–H and O–H groups in total. The minimum Gasteiger partial charge on any atom is -0.503 e. The van der Waals surface area contributed by atoms with Crippen molar-refractivity contribution in [2.45, 2.75) is 6.92 Å². The first-order valence-electron chi connectivity index (χ1n) is 6.67. The van der Waals surface area contributed by atoms with Crippen molar-refractivity contribution >= 4 is 11.7 Å². The molecule has 0 aliphatic rings. The van der Waals surface area contributed by atoms with Crippen molar-refractivity contribution < 1.29 is 15.1 Å². The van der Waals surface area contributed by atoms with Crippen LogP contribution in [0.4, 0.5) is 0 Å². The molecule has 1 amide bonds. The lowest BCUT2D eigenvalue weighted by molar-refractivity contribution is 0.0898. The quantitative estimate of drug-likeness (QED) is 0.207. The van der Waals surface area contributed by atoms with Gasteiger partial charge in [0.05, 0.1) is 18.4 Å². The number of nitrogens with two attached hydrogens (primary N) is 1. The molecule has 0 saturated carbocycles. The third-order valence-electron chi connectivity index (χ3n) is 2.73. The summed E-state index contributed by atoms with van der Waals surface area (Å²) in [5.74, 6) is -0.923. The first-order chi connectivity index (χ1) is 10.9. The van der Waals surface area contributed by atoms with Gasteiger partial charge in [-0.25, -0.2) is 0 Å². The zero-order valence-corrected chi connectivity index (χ0v) is 12.6. The number of pyridine rings is 1. The lowest BCUT2D eigenvalue weighted by Gasteiger charge is -2.09. The van der Waals surface area contributed by atoms with E-state index in [1.54, 1.807) is 13.0 Å². The summed E-state index contributed by atoms with van der Waals surface area (Å²) in [4.78, 5) is 27.3. The Labute approximate surface area is 132 Å². The Balaban J connectivity index is 2.69. The largest absolute Gasteiger partial charge is 0.503 e. The van der Waals surface area contributed by atoms with Crippen molar-refractivity contribution in [3.63, 3.8) is 0 Å². The van der Waals surface area contributed by atoms with Crippen LogP contribution in [0.2, 0.25) is 0 Å². The smallest absolute Gasteiger partial charge is 0.271 e. The van der Waals surface area contributed by atoms with Crippen molar-refractivity contribution in [3.05, 3.63) is 52.7 Å². The van der Waals surface area contributed by atoms with Gasteiger partial charge in [-0.2, -0.15) is 4.73 Å². The normalized spacial score (nSPS) is 11.9. The SMILES string of the molecule is C=CNC(=NCCNC(=O)c1cc(=O)c(O)cn1O)/C(N)=C\C. The second kappa shape index (κ2) is 8.27. The summed E-state index contributed by atoms with van der Waals surface area (Å²) in [6.45, 7) is 5.62. The van der Waals surface area contributed by atoms with Crippen molar-refractivity contribution in [2.75, 3.05) is 13.1 Å². The third-order valence-corrected chi connectivity index (χ3v) is 2.73. The zero-order valence-electron chi connectivity index (χ0n) is 12.6. The van der Waals surface area contributed by atoms with Gasteiger partial charge >= 0.3 is 0 Å². The molecule has 1 heterocycles. The second-order valence-electron chi connectivity index (χ2n) is 4.33. The van der Waals surface area contributed by atoms with E-state index in [0.717, 1.165) is 12.3 Å². The number of hydrogen-bond donors (Lipinski definition) is 5. The van der Waals surface area contributed by atoms with E-state index >= 15 is 0 Å². The Bertz CT molecular complexity index is 706. The molecule has 9 nitrogen and oxygen atoms in total. The first kappa shape index (κ1) is 17.8. The maximum atomic E-state index is 11.9. The van der Waals surface area contributed by atoms with Gasteiger partial charge in [-0.05, 0) is 13.1 Å². The number of rotatable bonds is 6. The topological polar surface area (TPSA) is 142 Å².